The molecule has 1 aromatic heterocycles. The Morgan fingerprint density at radius 1 is 1.21 bits per heavy atom. The average Bonchev–Trinajstić information content (AvgIpc) is 3.07. The van der Waals surface area contributed by atoms with Crippen molar-refractivity contribution >= 4 is 12.1 Å². The second-order valence-corrected chi connectivity index (χ2v) is 7.24. The van der Waals surface area contributed by atoms with E-state index in [1.165, 1.54) is 7.11 Å². The summed E-state index contributed by atoms with van der Waals surface area (Å²) < 4.78 is 17.5. The normalized spacial score (nSPS) is 12.3. The van der Waals surface area contributed by atoms with E-state index >= 15 is 0 Å². The zero-order valence-electron chi connectivity index (χ0n) is 16.7. The van der Waals surface area contributed by atoms with Gasteiger partial charge in [0.15, 0.2) is 0 Å². The molecule has 0 radical (unpaired) electrons. The molecular weight excluding hydrogens is 362 g/mol. The van der Waals surface area contributed by atoms with E-state index in [1.807, 2.05) is 30.3 Å². The second-order valence-electron chi connectivity index (χ2n) is 7.24. The first-order valence-electron chi connectivity index (χ1n) is 8.96. The summed E-state index contributed by atoms with van der Waals surface area (Å²) in [5, 5.41) is 2.55. The Kier molecular flexibility index (Phi) is 7.57. The number of aromatic nitrogens is 2. The summed E-state index contributed by atoms with van der Waals surface area (Å²) in [6.45, 7) is 5.97. The number of esters is 1. The molecule has 2 aromatic rings. The van der Waals surface area contributed by atoms with Gasteiger partial charge in [-0.15, -0.1) is 0 Å². The van der Waals surface area contributed by atoms with Gasteiger partial charge >= 0.3 is 12.1 Å². The molecule has 0 spiro atoms. The van der Waals surface area contributed by atoms with E-state index < -0.39 is 23.7 Å². The van der Waals surface area contributed by atoms with Crippen molar-refractivity contribution in [2.45, 2.75) is 52.2 Å². The number of amides is 1. The molecular formula is C20H27N3O5. The van der Waals surface area contributed by atoms with Crippen LogP contribution in [0, 0.1) is 0 Å². The largest absolute Gasteiger partial charge is 0.467 e. The van der Waals surface area contributed by atoms with Gasteiger partial charge in [-0.05, 0) is 26.3 Å². The highest BCUT2D eigenvalue weighted by molar-refractivity contribution is 5.81. The van der Waals surface area contributed by atoms with Crippen molar-refractivity contribution in [1.29, 1.82) is 0 Å². The van der Waals surface area contributed by atoms with E-state index in [1.54, 1.807) is 37.9 Å². The van der Waals surface area contributed by atoms with Gasteiger partial charge in [0.25, 0.3) is 0 Å². The van der Waals surface area contributed by atoms with E-state index in [0.29, 0.717) is 6.61 Å². The van der Waals surface area contributed by atoms with E-state index in [-0.39, 0.29) is 13.2 Å². The van der Waals surface area contributed by atoms with Crippen molar-refractivity contribution < 1.29 is 23.8 Å². The first-order valence-corrected chi connectivity index (χ1v) is 8.96. The van der Waals surface area contributed by atoms with Crippen molar-refractivity contribution in [3.8, 4) is 0 Å². The van der Waals surface area contributed by atoms with Gasteiger partial charge in [0.2, 0.25) is 0 Å². The molecule has 152 valence electrons. The molecule has 0 fully saturated rings. The lowest BCUT2D eigenvalue weighted by Crippen LogP contribution is -2.45. The van der Waals surface area contributed by atoms with Crippen molar-refractivity contribution in [2.75, 3.05) is 7.11 Å². The van der Waals surface area contributed by atoms with E-state index in [2.05, 4.69) is 10.3 Å². The van der Waals surface area contributed by atoms with Gasteiger partial charge in [-0.25, -0.2) is 14.6 Å². The number of nitrogens with one attached hydrogen (secondary N) is 1. The van der Waals surface area contributed by atoms with Crippen LogP contribution in [0.25, 0.3) is 0 Å². The summed E-state index contributed by atoms with van der Waals surface area (Å²) in [5.41, 5.74) is 1.11. The van der Waals surface area contributed by atoms with Gasteiger partial charge in [0.1, 0.15) is 18.4 Å². The molecule has 28 heavy (non-hydrogen) atoms. The van der Waals surface area contributed by atoms with Crippen LogP contribution in [0.2, 0.25) is 0 Å². The van der Waals surface area contributed by atoms with Crippen LogP contribution in [0.15, 0.2) is 42.9 Å². The number of methoxy groups -OCH3 is 1. The summed E-state index contributed by atoms with van der Waals surface area (Å²) in [4.78, 5) is 28.3. The molecule has 0 saturated carbocycles. The van der Waals surface area contributed by atoms with Crippen LogP contribution in [0.3, 0.4) is 0 Å². The maximum Gasteiger partial charge on any atom is 0.408 e. The molecule has 0 aliphatic rings. The lowest BCUT2D eigenvalue weighted by molar-refractivity contribution is -0.143. The second kappa shape index (κ2) is 9.89. The van der Waals surface area contributed by atoms with Crippen LogP contribution in [0.5, 0.6) is 0 Å². The highest BCUT2D eigenvalue weighted by Crippen LogP contribution is 2.10. The monoisotopic (exact) mass is 389 g/mol. The molecule has 8 nitrogen and oxygen atoms in total. The van der Waals surface area contributed by atoms with Crippen LogP contribution in [0.4, 0.5) is 4.79 Å². The van der Waals surface area contributed by atoms with Gasteiger partial charge in [0, 0.05) is 18.3 Å². The highest BCUT2D eigenvalue weighted by atomic mass is 16.6. The molecule has 0 unspecified atom stereocenters. The number of ether oxygens (including phenoxy) is 3. The molecule has 1 N–H and O–H groups in total. The zero-order valence-corrected chi connectivity index (χ0v) is 16.7. The van der Waals surface area contributed by atoms with Crippen LogP contribution in [-0.4, -0.2) is 40.4 Å². The molecule has 0 saturated heterocycles. The Morgan fingerprint density at radius 2 is 1.93 bits per heavy atom. The van der Waals surface area contributed by atoms with Crippen molar-refractivity contribution in [2.24, 2.45) is 0 Å². The van der Waals surface area contributed by atoms with Crippen LogP contribution in [0.1, 0.15) is 32.0 Å². The maximum atomic E-state index is 12.1. The summed E-state index contributed by atoms with van der Waals surface area (Å²) in [7, 11) is 1.27. The fourth-order valence-corrected chi connectivity index (χ4v) is 2.46. The van der Waals surface area contributed by atoms with E-state index in [4.69, 9.17) is 14.2 Å². The molecule has 1 heterocycles. The lowest BCUT2D eigenvalue weighted by Gasteiger charge is -2.22. The van der Waals surface area contributed by atoms with Crippen LogP contribution in [-0.2, 0) is 38.8 Å². The number of alkyl carbamates (subject to hydrolysis) is 1. The van der Waals surface area contributed by atoms with Crippen LogP contribution >= 0.6 is 0 Å². The smallest absolute Gasteiger partial charge is 0.408 e. The number of carbonyl (C=O) groups is 2. The third kappa shape index (κ3) is 7.03. The number of rotatable bonds is 8. The Balaban J connectivity index is 1.97. The number of nitrogens with zero attached hydrogens (tertiary/aromatic N) is 2. The molecule has 0 bridgehead atoms. The molecule has 0 aliphatic carbocycles. The molecule has 1 atom stereocenters. The standard InChI is InChI=1S/C20H27N3O5/c1-20(2,3)28-19(25)22-17(18(24)26-4)10-16-11-21-13-23(16)14-27-12-15-8-6-5-7-9-15/h5-9,11,13,17H,10,12,14H2,1-4H3,(H,22,25)/t17-/m1/s1. The van der Waals surface area contributed by atoms with Gasteiger partial charge in [0.05, 0.1) is 20.0 Å². The average molecular weight is 389 g/mol. The topological polar surface area (TPSA) is 91.7 Å². The predicted molar refractivity (Wildman–Crippen MR) is 102 cm³/mol. The first kappa shape index (κ1) is 21.4. The van der Waals surface area contributed by atoms with E-state index in [0.717, 1.165) is 11.3 Å². The van der Waals surface area contributed by atoms with Gasteiger partial charge < -0.3 is 24.1 Å². The summed E-state index contributed by atoms with van der Waals surface area (Å²) >= 11 is 0. The number of imidazole rings is 1. The lowest BCUT2D eigenvalue weighted by atomic mass is 10.1. The number of hydrogen-bond acceptors (Lipinski definition) is 6. The fraction of sp³-hybridized carbons (Fsp3) is 0.450. The van der Waals surface area contributed by atoms with Crippen molar-refractivity contribution in [3.63, 3.8) is 0 Å². The zero-order chi connectivity index (χ0) is 20.6. The number of hydrogen-bond donors (Lipinski definition) is 1. The Hall–Kier alpha value is -2.87. The molecule has 0 aliphatic heterocycles. The minimum absolute atomic E-state index is 0.195. The predicted octanol–water partition coefficient (Wildman–Crippen LogP) is 2.67. The summed E-state index contributed by atoms with van der Waals surface area (Å²) in [5.74, 6) is -0.566. The van der Waals surface area contributed by atoms with Gasteiger partial charge in [-0.1, -0.05) is 30.3 Å². The van der Waals surface area contributed by atoms with Crippen molar-refractivity contribution in [3.05, 3.63) is 54.1 Å². The van der Waals surface area contributed by atoms with Gasteiger partial charge in [-0.2, -0.15) is 0 Å². The number of carbonyl (C=O) groups excluding carboxylic acids is 2. The Labute approximate surface area is 164 Å². The molecule has 8 heteroatoms. The minimum atomic E-state index is -0.899. The molecule has 2 rings (SSSR count). The third-order valence-corrected chi connectivity index (χ3v) is 3.73. The number of benzene rings is 1. The van der Waals surface area contributed by atoms with Crippen molar-refractivity contribution in [1.82, 2.24) is 14.9 Å². The van der Waals surface area contributed by atoms with E-state index in [9.17, 15) is 9.59 Å². The first-order chi connectivity index (χ1) is 13.3. The Bertz CT molecular complexity index is 768. The fourth-order valence-electron chi connectivity index (χ4n) is 2.46. The third-order valence-electron chi connectivity index (χ3n) is 3.73. The molecule has 1 amide bonds. The summed E-state index contributed by atoms with van der Waals surface area (Å²) in [6.07, 6.45) is 2.75. The summed E-state index contributed by atoms with van der Waals surface area (Å²) in [6, 6.07) is 8.90. The van der Waals surface area contributed by atoms with Gasteiger partial charge in [-0.3, -0.25) is 0 Å². The SMILES string of the molecule is COC(=O)[C@@H](Cc1cncn1COCc1ccccc1)NC(=O)OC(C)(C)C. The highest BCUT2D eigenvalue weighted by Gasteiger charge is 2.26. The van der Waals surface area contributed by atoms with Crippen LogP contribution < -0.4 is 5.32 Å². The molecule has 1 aromatic carbocycles. The quantitative estimate of drug-likeness (QED) is 0.698. The Morgan fingerprint density at radius 3 is 2.57 bits per heavy atom. The minimum Gasteiger partial charge on any atom is -0.467 e. The maximum absolute atomic E-state index is 12.1.